The maximum Gasteiger partial charge on any atom is 0.256 e. The van der Waals surface area contributed by atoms with Gasteiger partial charge in [-0.25, -0.2) is 4.98 Å². The smallest absolute Gasteiger partial charge is 0.256 e. The Balaban J connectivity index is 1.60. The Morgan fingerprint density at radius 2 is 2.30 bits per heavy atom. The molecule has 0 bridgehead atoms. The van der Waals surface area contributed by atoms with Crippen molar-refractivity contribution in [2.45, 2.75) is 25.7 Å². The first kappa shape index (κ1) is 14.0. The number of hydrogen-bond donors (Lipinski definition) is 2. The van der Waals surface area contributed by atoms with Crippen molar-refractivity contribution in [2.75, 3.05) is 13.1 Å². The van der Waals surface area contributed by atoms with E-state index in [4.69, 9.17) is 0 Å². The minimum Gasteiger partial charge on any atom is -0.345 e. The summed E-state index contributed by atoms with van der Waals surface area (Å²) in [6.07, 6.45) is 3.70. The van der Waals surface area contributed by atoms with Gasteiger partial charge in [0.05, 0.1) is 23.1 Å². The van der Waals surface area contributed by atoms with Crippen molar-refractivity contribution in [2.24, 2.45) is 0 Å². The second-order valence-electron chi connectivity index (χ2n) is 6.17. The minimum atomic E-state index is 0.0552. The molecule has 0 radical (unpaired) electrons. The number of aromatic nitrogens is 4. The summed E-state index contributed by atoms with van der Waals surface area (Å²) in [6.45, 7) is 3.50. The number of carbonyl (C=O) groups excluding carboxylic acids is 1. The van der Waals surface area contributed by atoms with Crippen molar-refractivity contribution in [3.8, 4) is 0 Å². The number of nitrogens with zero attached hydrogens (tertiary/aromatic N) is 3. The molecule has 1 amide bonds. The van der Waals surface area contributed by atoms with Crippen molar-refractivity contribution in [1.29, 1.82) is 0 Å². The van der Waals surface area contributed by atoms with Crippen LogP contribution in [0, 0.1) is 6.92 Å². The predicted octanol–water partition coefficient (Wildman–Crippen LogP) is 2.61. The van der Waals surface area contributed by atoms with Crippen molar-refractivity contribution in [1.82, 2.24) is 25.1 Å². The maximum absolute atomic E-state index is 12.9. The number of rotatable bonds is 2. The van der Waals surface area contributed by atoms with Crippen molar-refractivity contribution >= 4 is 16.9 Å². The zero-order chi connectivity index (χ0) is 15.8. The molecule has 1 atom stereocenters. The van der Waals surface area contributed by atoms with Crippen LogP contribution in [0.5, 0.6) is 0 Å². The van der Waals surface area contributed by atoms with Crippen molar-refractivity contribution in [3.63, 3.8) is 0 Å². The second kappa shape index (κ2) is 5.53. The highest BCUT2D eigenvalue weighted by atomic mass is 16.2. The van der Waals surface area contributed by atoms with Crippen LogP contribution >= 0.6 is 0 Å². The number of likely N-dealkylation sites (tertiary alicyclic amines) is 1. The zero-order valence-corrected chi connectivity index (χ0v) is 13.0. The average Bonchev–Trinajstić information content (AvgIpc) is 3.22. The highest BCUT2D eigenvalue weighted by Gasteiger charge is 2.27. The lowest BCUT2D eigenvalue weighted by atomic mass is 9.94. The van der Waals surface area contributed by atoms with Gasteiger partial charge in [-0.2, -0.15) is 5.10 Å². The Bertz CT molecular complexity index is 849. The number of hydrogen-bond acceptors (Lipinski definition) is 3. The number of fused-ring (bicyclic) bond motifs is 1. The third-order valence-electron chi connectivity index (χ3n) is 4.53. The second-order valence-corrected chi connectivity index (χ2v) is 6.17. The average molecular weight is 309 g/mol. The van der Waals surface area contributed by atoms with Crippen LogP contribution in [0.3, 0.4) is 0 Å². The molecule has 118 valence electrons. The predicted molar refractivity (Wildman–Crippen MR) is 87.3 cm³/mol. The summed E-state index contributed by atoms with van der Waals surface area (Å²) in [5.41, 5.74) is 4.42. The molecule has 1 saturated heterocycles. The lowest BCUT2D eigenvalue weighted by molar-refractivity contribution is 0.0707. The summed E-state index contributed by atoms with van der Waals surface area (Å²) in [5.74, 6) is 0.357. The van der Waals surface area contributed by atoms with Gasteiger partial charge in [0.25, 0.3) is 5.91 Å². The molecule has 0 unspecified atom stereocenters. The third kappa shape index (κ3) is 2.50. The highest BCUT2D eigenvalue weighted by molar-refractivity contribution is 6.04. The van der Waals surface area contributed by atoms with E-state index in [0.717, 1.165) is 41.8 Å². The molecule has 0 aliphatic carbocycles. The fraction of sp³-hybridized carbons (Fsp3) is 0.353. The fourth-order valence-corrected chi connectivity index (χ4v) is 3.36. The molecular formula is C17H19N5O. The number of H-pyrrole nitrogens is 2. The molecule has 23 heavy (non-hydrogen) atoms. The third-order valence-corrected chi connectivity index (χ3v) is 4.53. The minimum absolute atomic E-state index is 0.0552. The first-order chi connectivity index (χ1) is 11.2. The summed E-state index contributed by atoms with van der Waals surface area (Å²) in [5, 5.41) is 7.36. The standard InChI is InChI=1S/C17H19N5O/c1-11-8-15(21-20-11)12-4-3-7-22(9-12)17(23)13-5-2-6-14-16(13)19-10-18-14/h2,5-6,8,10,12H,3-4,7,9H2,1H3,(H,18,19)(H,20,21)/t12-/m1/s1. The molecule has 1 fully saturated rings. The molecule has 1 aromatic carbocycles. The summed E-state index contributed by atoms with van der Waals surface area (Å²) in [7, 11) is 0. The number of aromatic amines is 2. The van der Waals surface area contributed by atoms with Gasteiger partial charge in [0.15, 0.2) is 0 Å². The number of para-hydroxylation sites is 1. The van der Waals surface area contributed by atoms with Crippen LogP contribution in [0.1, 0.15) is 40.5 Å². The van der Waals surface area contributed by atoms with Crippen LogP contribution in [-0.4, -0.2) is 44.1 Å². The number of aryl methyl sites for hydroxylation is 1. The number of piperidine rings is 1. The zero-order valence-electron chi connectivity index (χ0n) is 13.0. The molecule has 0 saturated carbocycles. The quantitative estimate of drug-likeness (QED) is 0.764. The number of benzene rings is 1. The van der Waals surface area contributed by atoms with Gasteiger partial charge in [0, 0.05) is 24.7 Å². The molecule has 3 aromatic rings. The Morgan fingerprint density at radius 3 is 3.13 bits per heavy atom. The van der Waals surface area contributed by atoms with Gasteiger partial charge in [-0.05, 0) is 38.0 Å². The number of imidazole rings is 1. The number of amides is 1. The summed E-state index contributed by atoms with van der Waals surface area (Å²) < 4.78 is 0. The maximum atomic E-state index is 12.9. The highest BCUT2D eigenvalue weighted by Crippen LogP contribution is 2.27. The Labute approximate surface area is 133 Å². The number of nitrogens with one attached hydrogen (secondary N) is 2. The van der Waals surface area contributed by atoms with Crippen LogP contribution < -0.4 is 0 Å². The molecule has 2 aromatic heterocycles. The van der Waals surface area contributed by atoms with Crippen molar-refractivity contribution < 1.29 is 4.79 Å². The Kier molecular flexibility index (Phi) is 3.37. The van der Waals surface area contributed by atoms with E-state index < -0.39 is 0 Å². The molecule has 2 N–H and O–H groups in total. The molecule has 6 heteroatoms. The van der Waals surface area contributed by atoms with E-state index in [-0.39, 0.29) is 5.91 Å². The van der Waals surface area contributed by atoms with Gasteiger partial charge in [-0.1, -0.05) is 6.07 Å². The summed E-state index contributed by atoms with van der Waals surface area (Å²) in [6, 6.07) is 7.76. The van der Waals surface area contributed by atoms with Crippen LogP contribution in [-0.2, 0) is 0 Å². The lowest BCUT2D eigenvalue weighted by Crippen LogP contribution is -2.39. The molecular weight excluding hydrogens is 290 g/mol. The van der Waals surface area contributed by atoms with Gasteiger partial charge >= 0.3 is 0 Å². The van der Waals surface area contributed by atoms with Gasteiger partial charge < -0.3 is 9.88 Å². The molecule has 1 aliphatic rings. The summed E-state index contributed by atoms with van der Waals surface area (Å²) in [4.78, 5) is 22.2. The largest absolute Gasteiger partial charge is 0.345 e. The van der Waals surface area contributed by atoms with E-state index in [9.17, 15) is 4.79 Å². The van der Waals surface area contributed by atoms with Gasteiger partial charge in [-0.3, -0.25) is 9.89 Å². The molecule has 6 nitrogen and oxygen atoms in total. The Morgan fingerprint density at radius 1 is 1.39 bits per heavy atom. The molecule has 0 spiro atoms. The fourth-order valence-electron chi connectivity index (χ4n) is 3.36. The summed E-state index contributed by atoms with van der Waals surface area (Å²) >= 11 is 0. The molecule has 3 heterocycles. The first-order valence-corrected chi connectivity index (χ1v) is 7.95. The lowest BCUT2D eigenvalue weighted by Gasteiger charge is -2.32. The van der Waals surface area contributed by atoms with Gasteiger partial charge in [-0.15, -0.1) is 0 Å². The van der Waals surface area contributed by atoms with E-state index in [1.807, 2.05) is 30.0 Å². The van der Waals surface area contributed by atoms with Crippen LogP contribution in [0.2, 0.25) is 0 Å². The van der Waals surface area contributed by atoms with E-state index in [2.05, 4.69) is 26.2 Å². The van der Waals surface area contributed by atoms with E-state index in [0.29, 0.717) is 18.0 Å². The SMILES string of the molecule is Cc1cc([C@@H]2CCCN(C(=O)c3cccc4[nH]cnc34)C2)n[nH]1. The van der Waals surface area contributed by atoms with Gasteiger partial charge in [0.1, 0.15) is 5.52 Å². The van der Waals surface area contributed by atoms with E-state index in [1.54, 1.807) is 6.33 Å². The number of carbonyl (C=O) groups is 1. The normalized spacial score (nSPS) is 18.5. The monoisotopic (exact) mass is 309 g/mol. The Hall–Kier alpha value is -2.63. The van der Waals surface area contributed by atoms with Crippen LogP contribution in [0.25, 0.3) is 11.0 Å². The van der Waals surface area contributed by atoms with E-state index in [1.165, 1.54) is 0 Å². The molecule has 1 aliphatic heterocycles. The van der Waals surface area contributed by atoms with Crippen LogP contribution in [0.4, 0.5) is 0 Å². The molecule has 4 rings (SSSR count). The first-order valence-electron chi connectivity index (χ1n) is 7.95. The topological polar surface area (TPSA) is 77.7 Å². The van der Waals surface area contributed by atoms with Gasteiger partial charge in [0.2, 0.25) is 0 Å². The van der Waals surface area contributed by atoms with Crippen molar-refractivity contribution in [3.05, 3.63) is 47.5 Å². The van der Waals surface area contributed by atoms with E-state index >= 15 is 0 Å². The van der Waals surface area contributed by atoms with Crippen LogP contribution in [0.15, 0.2) is 30.6 Å².